The van der Waals surface area contributed by atoms with Crippen molar-refractivity contribution in [2.75, 3.05) is 13.7 Å². The summed E-state index contributed by atoms with van der Waals surface area (Å²) in [5.74, 6) is 1.00. The molecule has 6 nitrogen and oxygen atoms in total. The van der Waals surface area contributed by atoms with Crippen LogP contribution in [0.2, 0.25) is 0 Å². The van der Waals surface area contributed by atoms with Crippen LogP contribution in [0.15, 0.2) is 23.3 Å². The van der Waals surface area contributed by atoms with Crippen LogP contribution in [0, 0.1) is 0 Å². The van der Waals surface area contributed by atoms with Gasteiger partial charge >= 0.3 is 0 Å². The van der Waals surface area contributed by atoms with Gasteiger partial charge in [0.05, 0.1) is 13.2 Å². The molecule has 7 heteroatoms. The van der Waals surface area contributed by atoms with Gasteiger partial charge in [0.25, 0.3) is 0 Å². The quantitative estimate of drug-likeness (QED) is 0.418. The summed E-state index contributed by atoms with van der Waals surface area (Å²) in [7, 11) is 1.65. The van der Waals surface area contributed by atoms with E-state index < -0.39 is 0 Å². The van der Waals surface area contributed by atoms with Crippen LogP contribution >= 0.6 is 24.0 Å². The molecule has 1 aromatic rings. The molecule has 0 amide bonds. The SMILES string of the molecule is COCC(C)NC(N)=NCc1ccc(OC(C)(C)C)nc1.I. The van der Waals surface area contributed by atoms with Gasteiger partial charge in [-0.05, 0) is 33.3 Å². The number of nitrogens with two attached hydrogens (primary N) is 1. The Kier molecular flexibility index (Phi) is 9.34. The molecule has 0 aromatic carbocycles. The topological polar surface area (TPSA) is 81.8 Å². The Morgan fingerprint density at radius 3 is 2.59 bits per heavy atom. The average molecular weight is 422 g/mol. The fourth-order valence-electron chi connectivity index (χ4n) is 1.64. The van der Waals surface area contributed by atoms with Crippen LogP contribution < -0.4 is 15.8 Å². The highest BCUT2D eigenvalue weighted by Gasteiger charge is 2.12. The second kappa shape index (κ2) is 9.83. The first kappa shape index (κ1) is 20.9. The first-order valence-corrected chi connectivity index (χ1v) is 6.99. The Labute approximate surface area is 149 Å². The number of ether oxygens (including phenoxy) is 2. The minimum absolute atomic E-state index is 0. The lowest BCUT2D eigenvalue weighted by Gasteiger charge is -2.20. The zero-order chi connectivity index (χ0) is 15.9. The van der Waals surface area contributed by atoms with E-state index in [1.165, 1.54) is 0 Å². The Hall–Kier alpha value is -1.09. The van der Waals surface area contributed by atoms with Crippen molar-refractivity contribution in [2.24, 2.45) is 10.7 Å². The molecule has 0 radical (unpaired) electrons. The summed E-state index contributed by atoms with van der Waals surface area (Å²) < 4.78 is 10.7. The Balaban J connectivity index is 0.00000441. The van der Waals surface area contributed by atoms with E-state index in [0.717, 1.165) is 5.56 Å². The van der Waals surface area contributed by atoms with Crippen LogP contribution in [0.5, 0.6) is 5.88 Å². The fraction of sp³-hybridized carbons (Fsp3) is 0.600. The number of pyridine rings is 1. The normalized spacial score (nSPS) is 13.2. The largest absolute Gasteiger partial charge is 0.472 e. The maximum absolute atomic E-state index is 5.80. The maximum atomic E-state index is 5.80. The van der Waals surface area contributed by atoms with Crippen LogP contribution in [-0.4, -0.2) is 36.3 Å². The van der Waals surface area contributed by atoms with Crippen molar-refractivity contribution in [1.82, 2.24) is 10.3 Å². The molecule has 0 saturated heterocycles. The van der Waals surface area contributed by atoms with Gasteiger partial charge in [-0.3, -0.25) is 0 Å². The molecule has 0 aliphatic heterocycles. The third-order valence-electron chi connectivity index (χ3n) is 2.45. The summed E-state index contributed by atoms with van der Waals surface area (Å²) in [4.78, 5) is 8.53. The number of hydrogen-bond acceptors (Lipinski definition) is 4. The van der Waals surface area contributed by atoms with Crippen molar-refractivity contribution < 1.29 is 9.47 Å². The lowest BCUT2D eigenvalue weighted by atomic mass is 10.2. The van der Waals surface area contributed by atoms with Gasteiger partial charge in [-0.25, -0.2) is 9.98 Å². The summed E-state index contributed by atoms with van der Waals surface area (Å²) in [6, 6.07) is 3.90. The summed E-state index contributed by atoms with van der Waals surface area (Å²) in [6.45, 7) is 8.99. The van der Waals surface area contributed by atoms with Gasteiger partial charge in [0.15, 0.2) is 5.96 Å². The number of hydrogen-bond donors (Lipinski definition) is 2. The lowest BCUT2D eigenvalue weighted by Crippen LogP contribution is -2.40. The number of aliphatic imine (C=N–C) groups is 1. The molecule has 0 saturated carbocycles. The molecule has 126 valence electrons. The Morgan fingerprint density at radius 2 is 2.09 bits per heavy atom. The third kappa shape index (κ3) is 9.04. The van der Waals surface area contributed by atoms with Crippen molar-refractivity contribution in [3.8, 4) is 5.88 Å². The summed E-state index contributed by atoms with van der Waals surface area (Å²) in [5.41, 5.74) is 6.53. The predicted molar refractivity (Wildman–Crippen MR) is 99.8 cm³/mol. The van der Waals surface area contributed by atoms with E-state index in [1.807, 2.05) is 39.8 Å². The summed E-state index contributed by atoms with van der Waals surface area (Å²) >= 11 is 0. The Bertz CT molecular complexity index is 458. The molecule has 0 aliphatic carbocycles. The highest BCUT2D eigenvalue weighted by atomic mass is 127. The molecule has 0 fully saturated rings. The van der Waals surface area contributed by atoms with E-state index in [-0.39, 0.29) is 35.6 Å². The standard InChI is InChI=1S/C15H26N4O2.HI/c1-11(10-20-5)19-14(16)18-9-12-6-7-13(17-8-12)21-15(2,3)4;/h6-8,11H,9-10H2,1-5H3,(H3,16,18,19);1H. The minimum atomic E-state index is -0.251. The average Bonchev–Trinajstić information content (AvgIpc) is 2.36. The van der Waals surface area contributed by atoms with Gasteiger partial charge in [0.2, 0.25) is 5.88 Å². The lowest BCUT2D eigenvalue weighted by molar-refractivity contribution is 0.124. The van der Waals surface area contributed by atoms with Gasteiger partial charge in [-0.15, -0.1) is 24.0 Å². The van der Waals surface area contributed by atoms with Gasteiger partial charge < -0.3 is 20.5 Å². The highest BCUT2D eigenvalue weighted by Crippen LogP contribution is 2.15. The van der Waals surface area contributed by atoms with Crippen LogP contribution in [0.1, 0.15) is 33.3 Å². The second-order valence-corrected chi connectivity index (χ2v) is 5.92. The predicted octanol–water partition coefficient (Wildman–Crippen LogP) is 2.32. The van der Waals surface area contributed by atoms with Crippen LogP contribution in [0.4, 0.5) is 0 Å². The minimum Gasteiger partial charge on any atom is -0.472 e. The van der Waals surface area contributed by atoms with E-state index >= 15 is 0 Å². The molecule has 1 aromatic heterocycles. The van der Waals surface area contributed by atoms with Crippen molar-refractivity contribution in [3.63, 3.8) is 0 Å². The van der Waals surface area contributed by atoms with Crippen LogP contribution in [-0.2, 0) is 11.3 Å². The van der Waals surface area contributed by atoms with Gasteiger partial charge in [0, 0.05) is 25.4 Å². The molecule has 1 heterocycles. The van der Waals surface area contributed by atoms with E-state index in [0.29, 0.717) is 25.0 Å². The first-order valence-electron chi connectivity index (χ1n) is 6.99. The van der Waals surface area contributed by atoms with Crippen LogP contribution in [0.25, 0.3) is 0 Å². The van der Waals surface area contributed by atoms with Crippen molar-refractivity contribution in [1.29, 1.82) is 0 Å². The molecule has 3 N–H and O–H groups in total. The fourth-order valence-corrected chi connectivity index (χ4v) is 1.64. The molecular weight excluding hydrogens is 395 g/mol. The number of rotatable bonds is 6. The molecule has 0 spiro atoms. The van der Waals surface area contributed by atoms with Crippen molar-refractivity contribution in [2.45, 2.75) is 45.9 Å². The maximum Gasteiger partial charge on any atom is 0.213 e. The third-order valence-corrected chi connectivity index (χ3v) is 2.45. The van der Waals surface area contributed by atoms with Crippen molar-refractivity contribution >= 4 is 29.9 Å². The molecule has 0 bridgehead atoms. The zero-order valence-electron chi connectivity index (χ0n) is 13.9. The van der Waals surface area contributed by atoms with E-state index in [2.05, 4.69) is 15.3 Å². The zero-order valence-corrected chi connectivity index (χ0v) is 16.3. The van der Waals surface area contributed by atoms with E-state index in [1.54, 1.807) is 13.3 Å². The molecule has 0 aliphatic rings. The Morgan fingerprint density at radius 1 is 1.41 bits per heavy atom. The smallest absolute Gasteiger partial charge is 0.213 e. The molecular formula is C15H27IN4O2. The molecule has 1 unspecified atom stereocenters. The van der Waals surface area contributed by atoms with Crippen LogP contribution in [0.3, 0.4) is 0 Å². The number of aromatic nitrogens is 1. The van der Waals surface area contributed by atoms with Gasteiger partial charge in [-0.1, -0.05) is 6.07 Å². The summed E-state index contributed by atoms with van der Waals surface area (Å²) in [6.07, 6.45) is 1.75. The number of halogens is 1. The molecule has 1 atom stereocenters. The first-order chi connectivity index (χ1) is 9.80. The monoisotopic (exact) mass is 422 g/mol. The number of methoxy groups -OCH3 is 1. The van der Waals surface area contributed by atoms with Gasteiger partial charge in [0.1, 0.15) is 5.60 Å². The van der Waals surface area contributed by atoms with E-state index in [9.17, 15) is 0 Å². The molecule has 1 rings (SSSR count). The number of nitrogens with zero attached hydrogens (tertiary/aromatic N) is 2. The number of nitrogens with one attached hydrogen (secondary N) is 1. The summed E-state index contributed by atoms with van der Waals surface area (Å²) in [5, 5.41) is 3.05. The highest BCUT2D eigenvalue weighted by molar-refractivity contribution is 14.0. The van der Waals surface area contributed by atoms with Crippen molar-refractivity contribution in [3.05, 3.63) is 23.9 Å². The van der Waals surface area contributed by atoms with E-state index in [4.69, 9.17) is 15.2 Å². The second-order valence-electron chi connectivity index (χ2n) is 5.92. The van der Waals surface area contributed by atoms with Gasteiger partial charge in [-0.2, -0.15) is 0 Å². The number of guanidine groups is 1. The molecule has 22 heavy (non-hydrogen) atoms.